The van der Waals surface area contributed by atoms with Crippen LogP contribution >= 0.6 is 0 Å². The first-order chi connectivity index (χ1) is 9.60. The Morgan fingerprint density at radius 3 is 2.40 bits per heavy atom. The van der Waals surface area contributed by atoms with Gasteiger partial charge in [-0.25, -0.2) is 0 Å². The van der Waals surface area contributed by atoms with Crippen LogP contribution in [0.4, 0.5) is 0 Å². The number of nitrogens with one attached hydrogen (secondary N) is 1. The Morgan fingerprint density at radius 2 is 1.80 bits per heavy atom. The fourth-order valence-corrected chi connectivity index (χ4v) is 2.07. The average molecular weight is 289 g/mol. The predicted octanol–water partition coefficient (Wildman–Crippen LogP) is 2.74. The summed E-state index contributed by atoms with van der Waals surface area (Å²) in [5.74, 6) is 0. The molecule has 0 aliphatic heterocycles. The summed E-state index contributed by atoms with van der Waals surface area (Å²) in [6.07, 6.45) is 5.82. The molecule has 0 amide bonds. The number of ether oxygens (including phenoxy) is 2. The van der Waals surface area contributed by atoms with Gasteiger partial charge in [0.05, 0.1) is 32.0 Å². The Balaban J connectivity index is 3.59. The Bertz CT molecular complexity index is 200. The molecule has 0 bridgehead atoms. The van der Waals surface area contributed by atoms with Gasteiger partial charge < -0.3 is 19.9 Å². The molecule has 0 aromatic carbocycles. The first kappa shape index (κ1) is 19.8. The van der Waals surface area contributed by atoms with E-state index in [1.165, 1.54) is 32.1 Å². The Morgan fingerprint density at radius 1 is 1.05 bits per heavy atom. The second kappa shape index (κ2) is 13.8. The molecule has 2 atom stereocenters. The maximum atomic E-state index is 9.87. The first-order valence-corrected chi connectivity index (χ1v) is 8.20. The average Bonchev–Trinajstić information content (AvgIpc) is 2.41. The van der Waals surface area contributed by atoms with Crippen LogP contribution in [0.1, 0.15) is 59.8 Å². The highest BCUT2D eigenvalue weighted by atomic mass is 16.5. The van der Waals surface area contributed by atoms with E-state index >= 15 is 0 Å². The Labute approximate surface area is 125 Å². The van der Waals surface area contributed by atoms with Crippen molar-refractivity contribution >= 4 is 0 Å². The van der Waals surface area contributed by atoms with E-state index in [1.54, 1.807) is 0 Å². The molecule has 0 saturated carbocycles. The molecular weight excluding hydrogens is 254 g/mol. The molecule has 0 aliphatic rings. The maximum absolute atomic E-state index is 9.87. The highest BCUT2D eigenvalue weighted by molar-refractivity contribution is 4.69. The van der Waals surface area contributed by atoms with Crippen LogP contribution in [-0.4, -0.2) is 49.7 Å². The SMILES string of the molecule is CCCCC(CCC)NCC(O)COCCOC(C)C. The van der Waals surface area contributed by atoms with Crippen LogP contribution in [0, 0.1) is 0 Å². The summed E-state index contributed by atoms with van der Waals surface area (Å²) in [5.41, 5.74) is 0. The lowest BCUT2D eigenvalue weighted by Gasteiger charge is -2.20. The number of aliphatic hydroxyl groups excluding tert-OH is 1. The minimum atomic E-state index is -0.435. The molecule has 0 aromatic heterocycles. The highest BCUT2D eigenvalue weighted by Crippen LogP contribution is 2.06. The van der Waals surface area contributed by atoms with Crippen LogP contribution in [0.25, 0.3) is 0 Å². The number of hydrogen-bond acceptors (Lipinski definition) is 4. The number of unbranched alkanes of at least 4 members (excludes halogenated alkanes) is 1. The lowest BCUT2D eigenvalue weighted by Crippen LogP contribution is -2.37. The minimum Gasteiger partial charge on any atom is -0.389 e. The molecule has 2 unspecified atom stereocenters. The largest absolute Gasteiger partial charge is 0.389 e. The summed E-state index contributed by atoms with van der Waals surface area (Å²) in [6, 6.07) is 0.527. The second-order valence-electron chi connectivity index (χ2n) is 5.68. The molecule has 0 heterocycles. The van der Waals surface area contributed by atoms with Crippen molar-refractivity contribution in [2.75, 3.05) is 26.4 Å². The van der Waals surface area contributed by atoms with Crippen molar-refractivity contribution in [3.63, 3.8) is 0 Å². The zero-order valence-corrected chi connectivity index (χ0v) is 13.9. The zero-order chi connectivity index (χ0) is 15.2. The molecule has 20 heavy (non-hydrogen) atoms. The monoisotopic (exact) mass is 289 g/mol. The van der Waals surface area contributed by atoms with Crippen molar-refractivity contribution in [1.29, 1.82) is 0 Å². The van der Waals surface area contributed by atoms with E-state index in [0.717, 1.165) is 0 Å². The van der Waals surface area contributed by atoms with E-state index in [0.29, 0.717) is 32.4 Å². The zero-order valence-electron chi connectivity index (χ0n) is 13.9. The molecule has 122 valence electrons. The van der Waals surface area contributed by atoms with Gasteiger partial charge in [0.1, 0.15) is 0 Å². The van der Waals surface area contributed by atoms with Gasteiger partial charge >= 0.3 is 0 Å². The van der Waals surface area contributed by atoms with Gasteiger partial charge in [0.2, 0.25) is 0 Å². The standard InChI is InChI=1S/C16H35NO3/c1-5-7-9-15(8-6-2)17-12-16(18)13-19-10-11-20-14(3)4/h14-18H,5-13H2,1-4H3. The molecule has 4 heteroatoms. The number of hydrogen-bond donors (Lipinski definition) is 2. The Hall–Kier alpha value is -0.160. The fourth-order valence-electron chi connectivity index (χ4n) is 2.07. The summed E-state index contributed by atoms with van der Waals surface area (Å²) >= 11 is 0. The van der Waals surface area contributed by atoms with Gasteiger partial charge in [-0.15, -0.1) is 0 Å². The van der Waals surface area contributed by atoms with Gasteiger partial charge in [0, 0.05) is 12.6 Å². The van der Waals surface area contributed by atoms with E-state index in [2.05, 4.69) is 19.2 Å². The fraction of sp³-hybridized carbons (Fsp3) is 1.00. The van der Waals surface area contributed by atoms with Crippen molar-refractivity contribution in [2.45, 2.75) is 78.0 Å². The topological polar surface area (TPSA) is 50.7 Å². The van der Waals surface area contributed by atoms with E-state index in [-0.39, 0.29) is 6.10 Å². The molecule has 0 saturated heterocycles. The van der Waals surface area contributed by atoms with Crippen LogP contribution in [-0.2, 0) is 9.47 Å². The molecule has 0 aromatic rings. The summed E-state index contributed by atoms with van der Waals surface area (Å²) in [6.45, 7) is 10.5. The van der Waals surface area contributed by atoms with Crippen molar-refractivity contribution in [1.82, 2.24) is 5.32 Å². The molecule has 4 nitrogen and oxygen atoms in total. The van der Waals surface area contributed by atoms with Crippen molar-refractivity contribution < 1.29 is 14.6 Å². The van der Waals surface area contributed by atoms with E-state index in [9.17, 15) is 5.11 Å². The molecule has 0 aliphatic carbocycles. The van der Waals surface area contributed by atoms with Crippen molar-refractivity contribution in [2.24, 2.45) is 0 Å². The second-order valence-corrected chi connectivity index (χ2v) is 5.68. The maximum Gasteiger partial charge on any atom is 0.0897 e. The number of rotatable bonds is 14. The predicted molar refractivity (Wildman–Crippen MR) is 84.1 cm³/mol. The van der Waals surface area contributed by atoms with Gasteiger partial charge in [0.15, 0.2) is 0 Å². The van der Waals surface area contributed by atoms with E-state index < -0.39 is 6.10 Å². The van der Waals surface area contributed by atoms with Crippen LogP contribution in [0.5, 0.6) is 0 Å². The quantitative estimate of drug-likeness (QED) is 0.483. The summed E-state index contributed by atoms with van der Waals surface area (Å²) in [7, 11) is 0. The van der Waals surface area contributed by atoms with Crippen LogP contribution < -0.4 is 5.32 Å². The van der Waals surface area contributed by atoms with Crippen LogP contribution in [0.3, 0.4) is 0 Å². The minimum absolute atomic E-state index is 0.235. The third kappa shape index (κ3) is 12.9. The first-order valence-electron chi connectivity index (χ1n) is 8.20. The van der Waals surface area contributed by atoms with Gasteiger partial charge in [-0.05, 0) is 26.7 Å². The van der Waals surface area contributed by atoms with Gasteiger partial charge in [0.25, 0.3) is 0 Å². The third-order valence-electron chi connectivity index (χ3n) is 3.17. The molecule has 0 spiro atoms. The lowest BCUT2D eigenvalue weighted by atomic mass is 10.1. The third-order valence-corrected chi connectivity index (χ3v) is 3.17. The van der Waals surface area contributed by atoms with Crippen molar-refractivity contribution in [3.05, 3.63) is 0 Å². The molecule has 2 N–H and O–H groups in total. The summed E-state index contributed by atoms with van der Waals surface area (Å²) < 4.78 is 10.8. The summed E-state index contributed by atoms with van der Waals surface area (Å²) in [5, 5.41) is 13.3. The normalized spacial score (nSPS) is 14.7. The highest BCUT2D eigenvalue weighted by Gasteiger charge is 2.10. The van der Waals surface area contributed by atoms with Gasteiger partial charge in [-0.2, -0.15) is 0 Å². The Kier molecular flexibility index (Phi) is 13.7. The van der Waals surface area contributed by atoms with Gasteiger partial charge in [-0.1, -0.05) is 33.1 Å². The van der Waals surface area contributed by atoms with Gasteiger partial charge in [-0.3, -0.25) is 0 Å². The molecule has 0 fully saturated rings. The lowest BCUT2D eigenvalue weighted by molar-refractivity contribution is -0.0106. The number of aliphatic hydroxyl groups is 1. The smallest absolute Gasteiger partial charge is 0.0897 e. The molecular formula is C16H35NO3. The van der Waals surface area contributed by atoms with E-state index in [1.807, 2.05) is 13.8 Å². The van der Waals surface area contributed by atoms with Crippen LogP contribution in [0.15, 0.2) is 0 Å². The van der Waals surface area contributed by atoms with E-state index in [4.69, 9.17) is 9.47 Å². The summed E-state index contributed by atoms with van der Waals surface area (Å²) in [4.78, 5) is 0. The van der Waals surface area contributed by atoms with Crippen LogP contribution in [0.2, 0.25) is 0 Å². The molecule has 0 rings (SSSR count). The van der Waals surface area contributed by atoms with Crippen molar-refractivity contribution in [3.8, 4) is 0 Å². The molecule has 0 radical (unpaired) electrons.